The Morgan fingerprint density at radius 3 is 3.10 bits per heavy atom. The second kappa shape index (κ2) is 3.27. The van der Waals surface area contributed by atoms with Crippen LogP contribution in [0.5, 0.6) is 0 Å². The molecule has 0 saturated heterocycles. The summed E-state index contributed by atoms with van der Waals surface area (Å²) in [6.07, 6.45) is 8.71. The Morgan fingerprint density at radius 2 is 2.50 bits per heavy atom. The van der Waals surface area contributed by atoms with Crippen LogP contribution in [0.15, 0.2) is 29.0 Å². The van der Waals surface area contributed by atoms with Gasteiger partial charge in [-0.15, -0.1) is 0 Å². The van der Waals surface area contributed by atoms with E-state index in [1.54, 1.807) is 6.08 Å². The Labute approximate surface area is 64.5 Å². The molecule has 1 aliphatic rings. The van der Waals surface area contributed by atoms with Crippen LogP contribution in [0.4, 0.5) is 0 Å². The molecule has 3 heteroatoms. The number of rotatable bonds is 1. The van der Waals surface area contributed by atoms with Crippen molar-refractivity contribution < 1.29 is 5.21 Å². The van der Waals surface area contributed by atoms with Gasteiger partial charge in [0.15, 0.2) is 0 Å². The molecule has 0 unspecified atom stereocenters. The fourth-order valence-electron chi connectivity index (χ4n) is 0.696. The van der Waals surface area contributed by atoms with Crippen molar-refractivity contribution in [3.63, 3.8) is 0 Å². The lowest BCUT2D eigenvalue weighted by atomic mass is 10.1. The Kier molecular flexibility index (Phi) is 2.34. The van der Waals surface area contributed by atoms with E-state index in [0.717, 1.165) is 11.3 Å². The van der Waals surface area contributed by atoms with E-state index in [-0.39, 0.29) is 0 Å². The summed E-state index contributed by atoms with van der Waals surface area (Å²) in [6, 6.07) is 0. The highest BCUT2D eigenvalue weighted by Crippen LogP contribution is 2.07. The fourth-order valence-corrected chi connectivity index (χ4v) is 0.906. The molecule has 1 radical (unpaired) electrons. The van der Waals surface area contributed by atoms with E-state index in [2.05, 4.69) is 11.4 Å². The average molecular weight is 152 g/mol. The topological polar surface area (TPSA) is 32.6 Å². The van der Waals surface area contributed by atoms with Gasteiger partial charge in [-0.05, 0) is 0 Å². The first kappa shape index (κ1) is 7.15. The van der Waals surface area contributed by atoms with Crippen LogP contribution >= 0.6 is 12.2 Å². The molecule has 0 amide bonds. The van der Waals surface area contributed by atoms with E-state index in [0.29, 0.717) is 5.57 Å². The number of thiocarbonyl (C=S) groups is 1. The highest BCUT2D eigenvalue weighted by molar-refractivity contribution is 7.81. The normalized spacial score (nSPS) is 18.0. The minimum atomic E-state index is 0.694. The number of allylic oxidation sites excluding steroid dienone is 4. The third-order valence-corrected chi connectivity index (χ3v) is 1.56. The second-order valence-corrected chi connectivity index (χ2v) is 2.34. The Balaban J connectivity index is 2.80. The maximum atomic E-state index is 8.13. The smallest absolute Gasteiger partial charge is 0.140 e. The number of hydrogen-bond donors (Lipinski definition) is 1. The second-order valence-electron chi connectivity index (χ2n) is 1.85. The van der Waals surface area contributed by atoms with Crippen LogP contribution in [0.1, 0.15) is 6.42 Å². The van der Waals surface area contributed by atoms with Crippen molar-refractivity contribution in [3.05, 3.63) is 23.8 Å². The van der Waals surface area contributed by atoms with Gasteiger partial charge in [-0.25, -0.2) is 0 Å². The Hall–Kier alpha value is -0.960. The molecule has 0 atom stereocenters. The average Bonchev–Trinajstić information content (AvgIpc) is 1.94. The lowest BCUT2D eigenvalue weighted by Crippen LogP contribution is -2.01. The first-order valence-corrected chi connectivity index (χ1v) is 3.25. The van der Waals surface area contributed by atoms with Crippen molar-refractivity contribution >= 4 is 23.3 Å². The summed E-state index contributed by atoms with van der Waals surface area (Å²) in [5.41, 5.74) is 0.694. The fraction of sp³-hybridized carbons (Fsp3) is 0.143. The first-order valence-electron chi connectivity index (χ1n) is 2.84. The molecular weight excluding hydrogens is 146 g/mol. The minimum Gasteiger partial charge on any atom is -0.410 e. The van der Waals surface area contributed by atoms with Crippen LogP contribution in [0.25, 0.3) is 0 Å². The van der Waals surface area contributed by atoms with Gasteiger partial charge in [-0.2, -0.15) is 0 Å². The van der Waals surface area contributed by atoms with Crippen molar-refractivity contribution in [3.8, 4) is 0 Å². The molecule has 0 aromatic heterocycles. The van der Waals surface area contributed by atoms with Gasteiger partial charge in [-0.1, -0.05) is 35.6 Å². The molecule has 1 N–H and O–H groups in total. The zero-order valence-electron chi connectivity index (χ0n) is 5.24. The molecule has 0 spiro atoms. The van der Waals surface area contributed by atoms with E-state index < -0.39 is 0 Å². The zero-order chi connectivity index (χ0) is 7.40. The monoisotopic (exact) mass is 152 g/mol. The standard InChI is InChI=1S/C7H6NOS/c9-8-5-6-3-1-2-4-7(6)10/h1-3,9H,4H2. The van der Waals surface area contributed by atoms with Gasteiger partial charge in [0.1, 0.15) is 6.21 Å². The predicted molar refractivity (Wildman–Crippen MR) is 43.7 cm³/mol. The Bertz CT molecular complexity index is 228. The minimum absolute atomic E-state index is 0.694. The lowest BCUT2D eigenvalue weighted by molar-refractivity contribution is 0.322. The third kappa shape index (κ3) is 1.51. The van der Waals surface area contributed by atoms with Crippen molar-refractivity contribution in [2.45, 2.75) is 6.42 Å². The van der Waals surface area contributed by atoms with Crippen LogP contribution in [0, 0.1) is 0 Å². The van der Waals surface area contributed by atoms with E-state index in [9.17, 15) is 0 Å². The van der Waals surface area contributed by atoms with Crippen LogP contribution in [0.3, 0.4) is 0 Å². The molecule has 1 aliphatic carbocycles. The molecule has 51 valence electrons. The molecule has 0 saturated carbocycles. The van der Waals surface area contributed by atoms with Gasteiger partial charge in [0.2, 0.25) is 0 Å². The van der Waals surface area contributed by atoms with Crippen LogP contribution in [-0.4, -0.2) is 16.3 Å². The molecule has 10 heavy (non-hydrogen) atoms. The van der Waals surface area contributed by atoms with Gasteiger partial charge in [-0.3, -0.25) is 0 Å². The lowest BCUT2D eigenvalue weighted by Gasteiger charge is -2.01. The number of hydrogen-bond acceptors (Lipinski definition) is 3. The zero-order valence-corrected chi connectivity index (χ0v) is 6.06. The van der Waals surface area contributed by atoms with Crippen molar-refractivity contribution in [2.24, 2.45) is 5.16 Å². The first-order chi connectivity index (χ1) is 4.84. The van der Waals surface area contributed by atoms with Crippen molar-refractivity contribution in [1.82, 2.24) is 0 Å². The molecule has 2 nitrogen and oxygen atoms in total. The molecular formula is C7H6NOS. The highest BCUT2D eigenvalue weighted by Gasteiger charge is 2.03. The quantitative estimate of drug-likeness (QED) is 0.268. The van der Waals surface area contributed by atoms with Crippen LogP contribution in [-0.2, 0) is 0 Å². The number of nitrogens with zero attached hydrogens (tertiary/aromatic N) is 1. The third-order valence-electron chi connectivity index (χ3n) is 1.17. The van der Waals surface area contributed by atoms with Gasteiger partial charge >= 0.3 is 0 Å². The summed E-state index contributed by atoms with van der Waals surface area (Å²) in [4.78, 5) is 0.764. The molecule has 0 heterocycles. The molecule has 1 rings (SSSR count). The summed E-state index contributed by atoms with van der Waals surface area (Å²) in [5, 5.41) is 10.9. The molecule has 0 aromatic carbocycles. The Morgan fingerprint density at radius 1 is 1.70 bits per heavy atom. The van der Waals surface area contributed by atoms with Crippen molar-refractivity contribution in [2.75, 3.05) is 0 Å². The van der Waals surface area contributed by atoms with E-state index in [4.69, 9.17) is 17.4 Å². The van der Waals surface area contributed by atoms with Gasteiger partial charge in [0, 0.05) is 16.9 Å². The summed E-state index contributed by atoms with van der Waals surface area (Å²) in [5.74, 6) is 0. The SMILES string of the molecule is O/N=[C]/C1=CC=CCC1=S. The summed E-state index contributed by atoms with van der Waals surface area (Å²) in [6.45, 7) is 0. The van der Waals surface area contributed by atoms with Crippen LogP contribution in [0.2, 0.25) is 0 Å². The highest BCUT2D eigenvalue weighted by atomic mass is 32.1. The molecule has 0 aliphatic heterocycles. The van der Waals surface area contributed by atoms with Gasteiger partial charge < -0.3 is 5.21 Å². The van der Waals surface area contributed by atoms with E-state index in [1.165, 1.54) is 0 Å². The van der Waals surface area contributed by atoms with Crippen molar-refractivity contribution in [1.29, 1.82) is 0 Å². The maximum Gasteiger partial charge on any atom is 0.140 e. The summed E-state index contributed by atoms with van der Waals surface area (Å²) >= 11 is 4.94. The maximum absolute atomic E-state index is 8.13. The summed E-state index contributed by atoms with van der Waals surface area (Å²) < 4.78 is 0. The van der Waals surface area contributed by atoms with Gasteiger partial charge in [0.25, 0.3) is 0 Å². The molecule has 0 aromatic rings. The van der Waals surface area contributed by atoms with E-state index in [1.807, 2.05) is 12.2 Å². The predicted octanol–water partition coefficient (Wildman–Crippen LogP) is 1.58. The van der Waals surface area contributed by atoms with E-state index >= 15 is 0 Å². The van der Waals surface area contributed by atoms with Crippen LogP contribution < -0.4 is 0 Å². The summed E-state index contributed by atoms with van der Waals surface area (Å²) in [7, 11) is 0. The molecule has 0 fully saturated rings. The largest absolute Gasteiger partial charge is 0.410 e. The molecule has 0 bridgehead atoms. The van der Waals surface area contributed by atoms with Gasteiger partial charge in [0.05, 0.1) is 0 Å².